The van der Waals surface area contributed by atoms with E-state index in [1.165, 1.54) is 19.5 Å². The molecule has 3 saturated heterocycles. The third kappa shape index (κ3) is 1.91. The van der Waals surface area contributed by atoms with E-state index >= 15 is 0 Å². The van der Waals surface area contributed by atoms with E-state index in [-0.39, 0.29) is 12.1 Å². The van der Waals surface area contributed by atoms with Crippen LogP contribution in [0, 0.1) is 5.92 Å². The molecule has 3 fully saturated rings. The van der Waals surface area contributed by atoms with Gasteiger partial charge >= 0.3 is 0 Å². The highest BCUT2D eigenvalue weighted by Gasteiger charge is 2.40. The molecule has 4 heteroatoms. The van der Waals surface area contributed by atoms with E-state index in [1.54, 1.807) is 0 Å². The number of nitrogens with two attached hydrogens (primary N) is 1. The van der Waals surface area contributed by atoms with Gasteiger partial charge in [-0.1, -0.05) is 0 Å². The quantitative estimate of drug-likeness (QED) is 0.640. The van der Waals surface area contributed by atoms with E-state index in [2.05, 4.69) is 10.2 Å². The predicted molar refractivity (Wildman–Crippen MR) is 58.7 cm³/mol. The normalized spacial score (nSPS) is 49.8. The fraction of sp³-hybridized carbons (Fsp3) is 1.00. The van der Waals surface area contributed by atoms with Gasteiger partial charge in [0.1, 0.15) is 0 Å². The van der Waals surface area contributed by atoms with Crippen LogP contribution in [0.3, 0.4) is 0 Å². The molecule has 0 radical (unpaired) electrons. The number of nitrogens with zero attached hydrogens (tertiary/aromatic N) is 1. The summed E-state index contributed by atoms with van der Waals surface area (Å²) in [6, 6.07) is 0.188. The lowest BCUT2D eigenvalue weighted by Gasteiger charge is -2.34. The van der Waals surface area contributed by atoms with Gasteiger partial charge in [0.05, 0.1) is 12.2 Å². The average molecular weight is 211 g/mol. The Hall–Kier alpha value is -0.160. The second-order valence-corrected chi connectivity index (χ2v) is 5.18. The van der Waals surface area contributed by atoms with E-state index in [4.69, 9.17) is 10.5 Å². The van der Waals surface area contributed by atoms with E-state index < -0.39 is 0 Å². The first-order chi connectivity index (χ1) is 7.33. The lowest BCUT2D eigenvalue weighted by molar-refractivity contribution is -0.0545. The minimum Gasteiger partial charge on any atom is -0.372 e. The van der Waals surface area contributed by atoms with Gasteiger partial charge in [-0.25, -0.2) is 0 Å². The van der Waals surface area contributed by atoms with Crippen LogP contribution in [0.5, 0.6) is 0 Å². The first-order valence-electron chi connectivity index (χ1n) is 6.17. The molecular formula is C11H21N3O. The van der Waals surface area contributed by atoms with E-state index in [0.29, 0.717) is 6.10 Å². The van der Waals surface area contributed by atoms with Crippen LogP contribution in [0.2, 0.25) is 0 Å². The molecule has 3 aliphatic heterocycles. The van der Waals surface area contributed by atoms with Crippen molar-refractivity contribution in [2.75, 3.05) is 32.7 Å². The summed E-state index contributed by atoms with van der Waals surface area (Å²) >= 11 is 0. The molecule has 2 bridgehead atoms. The van der Waals surface area contributed by atoms with Crippen molar-refractivity contribution < 1.29 is 4.74 Å². The molecule has 5 atom stereocenters. The Balaban J connectivity index is 1.56. The van der Waals surface area contributed by atoms with Gasteiger partial charge in [0, 0.05) is 31.6 Å². The second kappa shape index (κ2) is 4.01. The van der Waals surface area contributed by atoms with Crippen LogP contribution in [0.1, 0.15) is 12.8 Å². The molecule has 5 unspecified atom stereocenters. The highest BCUT2D eigenvalue weighted by Crippen LogP contribution is 2.31. The number of nitrogens with one attached hydrogen (secondary N) is 1. The van der Waals surface area contributed by atoms with Gasteiger partial charge in [-0.05, 0) is 25.9 Å². The lowest BCUT2D eigenvalue weighted by atomic mass is 10.0. The lowest BCUT2D eigenvalue weighted by Crippen LogP contribution is -2.52. The molecule has 0 saturated carbocycles. The molecule has 3 heterocycles. The van der Waals surface area contributed by atoms with Crippen molar-refractivity contribution in [1.82, 2.24) is 10.2 Å². The van der Waals surface area contributed by atoms with Crippen LogP contribution in [0.15, 0.2) is 0 Å². The topological polar surface area (TPSA) is 50.5 Å². The summed E-state index contributed by atoms with van der Waals surface area (Å²) in [7, 11) is 0. The highest BCUT2D eigenvalue weighted by molar-refractivity contribution is 4.93. The zero-order valence-corrected chi connectivity index (χ0v) is 9.19. The summed E-state index contributed by atoms with van der Waals surface area (Å²) in [5, 5.41) is 3.31. The van der Waals surface area contributed by atoms with Gasteiger partial charge in [0.15, 0.2) is 0 Å². The molecule has 3 N–H and O–H groups in total. The molecule has 15 heavy (non-hydrogen) atoms. The summed E-state index contributed by atoms with van der Waals surface area (Å²) in [4.78, 5) is 2.52. The van der Waals surface area contributed by atoms with Crippen LogP contribution in [0.25, 0.3) is 0 Å². The van der Waals surface area contributed by atoms with Crippen molar-refractivity contribution in [3.05, 3.63) is 0 Å². The maximum absolute atomic E-state index is 6.19. The average Bonchev–Trinajstić information content (AvgIpc) is 2.83. The number of ether oxygens (including phenoxy) is 1. The Morgan fingerprint density at radius 2 is 2.13 bits per heavy atom. The minimum atomic E-state index is 0.188. The summed E-state index contributed by atoms with van der Waals surface area (Å²) in [5.74, 6) is 0.784. The molecule has 86 valence electrons. The van der Waals surface area contributed by atoms with Gasteiger partial charge in [-0.15, -0.1) is 0 Å². The number of hydrogen-bond acceptors (Lipinski definition) is 4. The largest absolute Gasteiger partial charge is 0.372 e. The van der Waals surface area contributed by atoms with Gasteiger partial charge < -0.3 is 20.7 Å². The van der Waals surface area contributed by atoms with Crippen molar-refractivity contribution in [3.8, 4) is 0 Å². The van der Waals surface area contributed by atoms with E-state index in [0.717, 1.165) is 32.0 Å². The maximum atomic E-state index is 6.19. The SMILES string of the molecule is NC1CNCCC1OC1CN2CCC1C2. The van der Waals surface area contributed by atoms with Crippen molar-refractivity contribution in [2.45, 2.75) is 31.1 Å². The summed E-state index contributed by atoms with van der Waals surface area (Å²) in [6.07, 6.45) is 3.15. The Bertz CT molecular complexity index is 236. The van der Waals surface area contributed by atoms with Crippen molar-refractivity contribution >= 4 is 0 Å². The number of fused-ring (bicyclic) bond motifs is 2. The Kier molecular flexibility index (Phi) is 2.68. The smallest absolute Gasteiger partial charge is 0.0755 e. The first-order valence-corrected chi connectivity index (χ1v) is 6.17. The maximum Gasteiger partial charge on any atom is 0.0755 e. The van der Waals surface area contributed by atoms with Crippen LogP contribution in [0.4, 0.5) is 0 Å². The molecule has 0 spiro atoms. The molecular weight excluding hydrogens is 190 g/mol. The zero-order valence-electron chi connectivity index (χ0n) is 9.19. The van der Waals surface area contributed by atoms with Crippen molar-refractivity contribution in [3.63, 3.8) is 0 Å². The third-order valence-electron chi connectivity index (χ3n) is 4.09. The van der Waals surface area contributed by atoms with Crippen LogP contribution >= 0.6 is 0 Å². The molecule has 0 aromatic rings. The van der Waals surface area contributed by atoms with E-state index in [9.17, 15) is 0 Å². The molecule has 0 aliphatic carbocycles. The molecule has 3 aliphatic rings. The van der Waals surface area contributed by atoms with Gasteiger partial charge in [-0.3, -0.25) is 0 Å². The zero-order chi connectivity index (χ0) is 10.3. The Labute approximate surface area is 91.1 Å². The van der Waals surface area contributed by atoms with Crippen LogP contribution < -0.4 is 11.1 Å². The van der Waals surface area contributed by atoms with Crippen molar-refractivity contribution in [2.24, 2.45) is 11.7 Å². The van der Waals surface area contributed by atoms with Crippen LogP contribution in [-0.4, -0.2) is 55.9 Å². The number of piperidine rings is 2. The Morgan fingerprint density at radius 3 is 2.80 bits per heavy atom. The van der Waals surface area contributed by atoms with Gasteiger partial charge in [-0.2, -0.15) is 0 Å². The summed E-state index contributed by atoms with van der Waals surface area (Å²) in [5.41, 5.74) is 6.05. The van der Waals surface area contributed by atoms with Gasteiger partial charge in [0.25, 0.3) is 0 Å². The number of rotatable bonds is 2. The van der Waals surface area contributed by atoms with Crippen molar-refractivity contribution in [1.29, 1.82) is 0 Å². The number of hydrogen-bond donors (Lipinski definition) is 2. The fourth-order valence-electron chi connectivity index (χ4n) is 3.14. The second-order valence-electron chi connectivity index (χ2n) is 5.18. The van der Waals surface area contributed by atoms with Crippen LogP contribution in [-0.2, 0) is 4.74 Å². The molecule has 0 aromatic carbocycles. The standard InChI is InChI=1S/C11H21N3O/c12-9-5-13-3-1-10(9)15-11-7-14-4-2-8(11)6-14/h8-11,13H,1-7,12H2. The summed E-state index contributed by atoms with van der Waals surface area (Å²) in [6.45, 7) is 5.64. The fourth-order valence-corrected chi connectivity index (χ4v) is 3.14. The molecule has 0 amide bonds. The summed E-state index contributed by atoms with van der Waals surface area (Å²) < 4.78 is 6.19. The van der Waals surface area contributed by atoms with Gasteiger partial charge in [0.2, 0.25) is 0 Å². The minimum absolute atomic E-state index is 0.188. The monoisotopic (exact) mass is 211 g/mol. The molecule has 4 nitrogen and oxygen atoms in total. The Morgan fingerprint density at radius 1 is 1.20 bits per heavy atom. The third-order valence-corrected chi connectivity index (χ3v) is 4.09. The molecule has 0 aromatic heterocycles. The first kappa shape index (κ1) is 10.0. The molecule has 3 rings (SSSR count). The highest BCUT2D eigenvalue weighted by atomic mass is 16.5. The van der Waals surface area contributed by atoms with E-state index in [1.807, 2.05) is 0 Å². The predicted octanol–water partition coefficient (Wildman–Crippen LogP) is -0.604.